The molecule has 180 valence electrons. The maximum absolute atomic E-state index is 14.1. The van der Waals surface area contributed by atoms with Gasteiger partial charge in [0.1, 0.15) is 23.3 Å². The molecule has 1 N–H and O–H groups in total. The van der Waals surface area contributed by atoms with Gasteiger partial charge in [-0.05, 0) is 19.0 Å². The minimum Gasteiger partial charge on any atom is -0.315 e. The summed E-state index contributed by atoms with van der Waals surface area (Å²) < 4.78 is 95.0. The highest BCUT2D eigenvalue weighted by molar-refractivity contribution is 7.91. The molecule has 1 unspecified atom stereocenters. The summed E-state index contributed by atoms with van der Waals surface area (Å²) in [5.74, 6) is -1.93. The summed E-state index contributed by atoms with van der Waals surface area (Å²) in [6.45, 7) is -0.884. The Morgan fingerprint density at radius 3 is 2.71 bits per heavy atom. The van der Waals surface area contributed by atoms with Gasteiger partial charge in [0.25, 0.3) is 0 Å². The van der Waals surface area contributed by atoms with Crippen LogP contribution in [-0.4, -0.2) is 57.6 Å². The van der Waals surface area contributed by atoms with Crippen LogP contribution in [0.1, 0.15) is 17.4 Å². The van der Waals surface area contributed by atoms with Gasteiger partial charge >= 0.3 is 6.18 Å². The molecule has 0 aliphatic carbocycles. The molecule has 0 radical (unpaired) electrons. The largest absolute Gasteiger partial charge is 0.408 e. The molecule has 1 atom stereocenters. The molecule has 8 nitrogen and oxygen atoms in total. The maximum atomic E-state index is 14.1. The number of fused-ring (bicyclic) bond motifs is 2. The second-order valence-electron chi connectivity index (χ2n) is 8.00. The first-order valence-electron chi connectivity index (χ1n) is 10.2. The summed E-state index contributed by atoms with van der Waals surface area (Å²) in [6, 6.07) is 1.92. The third-order valence-corrected chi connectivity index (χ3v) is 7.76. The van der Waals surface area contributed by atoms with Gasteiger partial charge in [0.15, 0.2) is 21.3 Å². The quantitative estimate of drug-likeness (QED) is 0.435. The van der Waals surface area contributed by atoms with Crippen molar-refractivity contribution in [2.24, 2.45) is 0 Å². The first-order valence-corrected chi connectivity index (χ1v) is 11.9. The van der Waals surface area contributed by atoms with Gasteiger partial charge in [0.2, 0.25) is 0 Å². The van der Waals surface area contributed by atoms with Crippen molar-refractivity contribution in [2.75, 3.05) is 18.8 Å². The number of nitrogens with zero attached hydrogens (tertiary/aromatic N) is 5. The van der Waals surface area contributed by atoms with Crippen molar-refractivity contribution in [1.29, 1.82) is 0 Å². The zero-order valence-corrected chi connectivity index (χ0v) is 18.2. The van der Waals surface area contributed by atoms with E-state index in [2.05, 4.69) is 20.4 Å². The van der Waals surface area contributed by atoms with E-state index < -0.39 is 39.4 Å². The van der Waals surface area contributed by atoms with Crippen molar-refractivity contribution in [1.82, 2.24) is 29.5 Å². The van der Waals surface area contributed by atoms with E-state index in [-0.39, 0.29) is 45.9 Å². The van der Waals surface area contributed by atoms with Crippen LogP contribution in [0.25, 0.3) is 27.9 Å². The van der Waals surface area contributed by atoms with Crippen LogP contribution in [0.4, 0.5) is 22.0 Å². The van der Waals surface area contributed by atoms with Gasteiger partial charge in [0.05, 0.1) is 28.9 Å². The Morgan fingerprint density at radius 1 is 1.15 bits per heavy atom. The second kappa shape index (κ2) is 7.98. The first-order chi connectivity index (χ1) is 16.0. The average molecular weight is 500 g/mol. The van der Waals surface area contributed by atoms with Crippen LogP contribution in [0.3, 0.4) is 0 Å². The summed E-state index contributed by atoms with van der Waals surface area (Å²) in [6.07, 6.45) is -0.868. The van der Waals surface area contributed by atoms with Crippen LogP contribution in [0.15, 0.2) is 30.7 Å². The van der Waals surface area contributed by atoms with E-state index in [1.54, 1.807) is 0 Å². The zero-order chi connectivity index (χ0) is 24.3. The summed E-state index contributed by atoms with van der Waals surface area (Å²) >= 11 is 0. The van der Waals surface area contributed by atoms with Crippen LogP contribution in [-0.2, 0) is 16.4 Å². The van der Waals surface area contributed by atoms with Gasteiger partial charge < -0.3 is 5.32 Å². The smallest absolute Gasteiger partial charge is 0.315 e. The van der Waals surface area contributed by atoms with Crippen molar-refractivity contribution < 1.29 is 30.4 Å². The summed E-state index contributed by atoms with van der Waals surface area (Å²) in [4.78, 5) is 8.12. The van der Waals surface area contributed by atoms with Gasteiger partial charge in [-0.3, -0.25) is 14.1 Å². The van der Waals surface area contributed by atoms with Crippen molar-refractivity contribution in [3.8, 4) is 11.4 Å². The molecule has 4 aromatic heterocycles. The molecule has 0 saturated carbocycles. The summed E-state index contributed by atoms with van der Waals surface area (Å²) in [5, 5.41) is 6.18. The Hall–Kier alpha value is -3.13. The van der Waals surface area contributed by atoms with Crippen LogP contribution in [0, 0.1) is 11.6 Å². The predicted molar refractivity (Wildman–Crippen MR) is 112 cm³/mol. The van der Waals surface area contributed by atoms with Crippen molar-refractivity contribution in [2.45, 2.75) is 24.4 Å². The molecule has 5 rings (SSSR count). The molecule has 1 aliphatic heterocycles. The van der Waals surface area contributed by atoms with Crippen molar-refractivity contribution >= 4 is 26.4 Å². The summed E-state index contributed by atoms with van der Waals surface area (Å²) in [7, 11) is -3.58. The standard InChI is InChI=1S/C20H17F5N6O2S/c21-11-4-13(22)19-28-7-16(30(19)9-11)18-12-6-27-14(17-8-26-2-1-3-34(17,32)33)5-15(12)31(29-18)10-20(23,24)25/h4-7,9,17,26H,1-3,8,10H2. The third kappa shape index (κ3) is 4.00. The van der Waals surface area contributed by atoms with E-state index in [4.69, 9.17) is 0 Å². The average Bonchev–Trinajstić information content (AvgIpc) is 3.24. The Bertz CT molecular complexity index is 1510. The molecular weight excluding hydrogens is 483 g/mol. The van der Waals surface area contributed by atoms with E-state index in [0.717, 1.165) is 10.6 Å². The number of halogens is 5. The molecule has 4 aromatic rings. The van der Waals surface area contributed by atoms with E-state index in [1.807, 2.05) is 0 Å². The Kier molecular flexibility index (Phi) is 5.31. The van der Waals surface area contributed by atoms with Crippen molar-refractivity contribution in [3.63, 3.8) is 0 Å². The molecule has 0 spiro atoms. The number of aromatic nitrogens is 5. The van der Waals surface area contributed by atoms with Crippen LogP contribution in [0.5, 0.6) is 0 Å². The number of pyridine rings is 2. The fourth-order valence-corrected chi connectivity index (χ4v) is 5.82. The first kappa shape index (κ1) is 22.7. The Balaban J connectivity index is 1.72. The zero-order valence-electron chi connectivity index (χ0n) is 17.4. The monoisotopic (exact) mass is 500 g/mol. The number of imidazole rings is 1. The maximum Gasteiger partial charge on any atom is 0.408 e. The number of alkyl halides is 3. The van der Waals surface area contributed by atoms with E-state index in [1.165, 1.54) is 18.5 Å². The fraction of sp³-hybridized carbons (Fsp3) is 0.350. The predicted octanol–water partition coefficient (Wildman–Crippen LogP) is 3.04. The molecule has 14 heteroatoms. The molecule has 1 saturated heterocycles. The fourth-order valence-electron chi connectivity index (χ4n) is 4.12. The van der Waals surface area contributed by atoms with E-state index in [9.17, 15) is 30.4 Å². The molecule has 0 bridgehead atoms. The number of hydrogen-bond acceptors (Lipinski definition) is 6. The molecule has 1 aliphatic rings. The lowest BCUT2D eigenvalue weighted by molar-refractivity contribution is -0.141. The molecule has 1 fully saturated rings. The highest BCUT2D eigenvalue weighted by Crippen LogP contribution is 2.33. The lowest BCUT2D eigenvalue weighted by Gasteiger charge is -2.15. The van der Waals surface area contributed by atoms with Crippen molar-refractivity contribution in [3.05, 3.63) is 48.1 Å². The molecular formula is C20H17F5N6O2S. The van der Waals surface area contributed by atoms with E-state index >= 15 is 0 Å². The van der Waals surface area contributed by atoms with Gasteiger partial charge in [-0.1, -0.05) is 0 Å². The number of hydrogen-bond donors (Lipinski definition) is 1. The molecule has 0 amide bonds. The molecule has 0 aromatic carbocycles. The second-order valence-corrected chi connectivity index (χ2v) is 10.3. The van der Waals surface area contributed by atoms with Gasteiger partial charge in [-0.15, -0.1) is 0 Å². The van der Waals surface area contributed by atoms with Crippen LogP contribution in [0.2, 0.25) is 0 Å². The van der Waals surface area contributed by atoms with Crippen LogP contribution < -0.4 is 5.32 Å². The van der Waals surface area contributed by atoms with Crippen LogP contribution >= 0.6 is 0 Å². The van der Waals surface area contributed by atoms with Gasteiger partial charge in [-0.25, -0.2) is 22.2 Å². The highest BCUT2D eigenvalue weighted by Gasteiger charge is 2.33. The molecule has 34 heavy (non-hydrogen) atoms. The molecule has 5 heterocycles. The Morgan fingerprint density at radius 2 is 1.94 bits per heavy atom. The topological polar surface area (TPSA) is 94.2 Å². The Labute approximate surface area is 189 Å². The van der Waals surface area contributed by atoms with Gasteiger partial charge in [0, 0.05) is 30.4 Å². The SMILES string of the molecule is O=S1(=O)CCCNCC1c1cc2c(cn1)c(-c1cnc3c(F)cc(F)cn13)nn2CC(F)(F)F. The number of rotatable bonds is 3. The number of sulfone groups is 1. The normalized spacial score (nSPS) is 19.0. The van der Waals surface area contributed by atoms with E-state index in [0.29, 0.717) is 23.7 Å². The minimum absolute atomic E-state index is 0.0106. The lowest BCUT2D eigenvalue weighted by Crippen LogP contribution is -2.25. The minimum atomic E-state index is -4.63. The lowest BCUT2D eigenvalue weighted by atomic mass is 10.1. The highest BCUT2D eigenvalue weighted by atomic mass is 32.2. The number of nitrogens with one attached hydrogen (secondary N) is 1. The summed E-state index contributed by atoms with van der Waals surface area (Å²) in [5.41, 5.74) is -0.124. The van der Waals surface area contributed by atoms with Gasteiger partial charge in [-0.2, -0.15) is 18.3 Å². The third-order valence-electron chi connectivity index (χ3n) is 5.63.